The van der Waals surface area contributed by atoms with Crippen molar-refractivity contribution in [2.75, 3.05) is 0 Å². The number of ether oxygens (including phenoxy) is 1. The van der Waals surface area contributed by atoms with E-state index in [0.717, 1.165) is 37.1 Å². The summed E-state index contributed by atoms with van der Waals surface area (Å²) in [5.74, 6) is -0.484. The predicted molar refractivity (Wildman–Crippen MR) is 91.2 cm³/mol. The molecular formula is C19H24N2O3. The van der Waals surface area contributed by atoms with Crippen molar-refractivity contribution in [2.45, 2.75) is 58.6 Å². The van der Waals surface area contributed by atoms with Crippen LogP contribution < -0.4 is 0 Å². The molecule has 0 fully saturated rings. The van der Waals surface area contributed by atoms with E-state index < -0.39 is 0 Å². The Labute approximate surface area is 142 Å². The Bertz CT molecular complexity index is 741. The molecule has 0 saturated heterocycles. The molecular weight excluding hydrogens is 304 g/mol. The Hall–Kier alpha value is -2.30. The van der Waals surface area contributed by atoms with Crippen molar-refractivity contribution in [3.05, 3.63) is 47.0 Å². The highest BCUT2D eigenvalue weighted by molar-refractivity contribution is 6.08. The largest absolute Gasteiger partial charge is 0.462 e. The molecule has 0 bridgehead atoms. The van der Waals surface area contributed by atoms with Crippen molar-refractivity contribution in [3.8, 4) is 0 Å². The molecule has 3 rings (SSSR count). The first-order chi connectivity index (χ1) is 11.5. The number of hydrogen-bond donors (Lipinski definition) is 1. The average Bonchev–Trinajstić information content (AvgIpc) is 3.20. The Morgan fingerprint density at radius 1 is 1.42 bits per heavy atom. The van der Waals surface area contributed by atoms with Gasteiger partial charge in [0.2, 0.25) is 5.78 Å². The molecule has 0 aliphatic carbocycles. The summed E-state index contributed by atoms with van der Waals surface area (Å²) in [5, 5.41) is 0. The van der Waals surface area contributed by atoms with Gasteiger partial charge in [-0.3, -0.25) is 9.59 Å². The molecule has 2 aromatic rings. The van der Waals surface area contributed by atoms with Gasteiger partial charge in [-0.25, -0.2) is 0 Å². The van der Waals surface area contributed by atoms with E-state index >= 15 is 0 Å². The lowest BCUT2D eigenvalue weighted by atomic mass is 9.96. The SMILES string of the molecule is CCc1cc2n(c1C(=O)c1ccc[nH]1)CCCC2C(=O)OC(C)C. The van der Waals surface area contributed by atoms with Crippen molar-refractivity contribution in [3.63, 3.8) is 0 Å². The highest BCUT2D eigenvalue weighted by Gasteiger charge is 2.33. The first-order valence-electron chi connectivity index (χ1n) is 8.63. The van der Waals surface area contributed by atoms with E-state index in [4.69, 9.17) is 4.74 Å². The maximum Gasteiger partial charge on any atom is 0.315 e. The molecule has 5 heteroatoms. The molecule has 5 nitrogen and oxygen atoms in total. The van der Waals surface area contributed by atoms with Crippen LogP contribution in [-0.4, -0.2) is 27.4 Å². The third-order valence-electron chi connectivity index (χ3n) is 4.51. The van der Waals surface area contributed by atoms with Crippen LogP contribution in [0.4, 0.5) is 0 Å². The Morgan fingerprint density at radius 3 is 2.83 bits per heavy atom. The summed E-state index contributed by atoms with van der Waals surface area (Å²) < 4.78 is 7.44. The van der Waals surface area contributed by atoms with Gasteiger partial charge in [0, 0.05) is 18.4 Å². The average molecular weight is 328 g/mol. The van der Waals surface area contributed by atoms with Gasteiger partial charge in [-0.2, -0.15) is 0 Å². The minimum Gasteiger partial charge on any atom is -0.462 e. The fourth-order valence-electron chi connectivity index (χ4n) is 3.45. The monoisotopic (exact) mass is 328 g/mol. The Morgan fingerprint density at radius 2 is 2.21 bits per heavy atom. The number of carbonyl (C=O) groups excluding carboxylic acids is 2. The first-order valence-corrected chi connectivity index (χ1v) is 8.63. The normalized spacial score (nSPS) is 16.9. The standard InChI is InChI=1S/C19H24N2O3/c1-4-13-11-16-14(19(23)24-12(2)3)7-6-10-21(16)17(13)18(22)15-8-5-9-20-15/h5,8-9,11-12,14,20H,4,6-7,10H2,1-3H3. The molecule has 1 N–H and O–H groups in total. The van der Waals surface area contributed by atoms with E-state index in [9.17, 15) is 9.59 Å². The molecule has 128 valence electrons. The van der Waals surface area contributed by atoms with Crippen LogP contribution in [0.15, 0.2) is 24.4 Å². The number of fused-ring (bicyclic) bond motifs is 1. The summed E-state index contributed by atoms with van der Waals surface area (Å²) in [7, 11) is 0. The van der Waals surface area contributed by atoms with Crippen molar-refractivity contribution >= 4 is 11.8 Å². The Kier molecular flexibility index (Phi) is 4.60. The van der Waals surface area contributed by atoms with Gasteiger partial charge < -0.3 is 14.3 Å². The van der Waals surface area contributed by atoms with Crippen LogP contribution in [0.1, 0.15) is 67.0 Å². The fourth-order valence-corrected chi connectivity index (χ4v) is 3.45. The molecule has 0 aromatic carbocycles. The van der Waals surface area contributed by atoms with Crippen LogP contribution in [0, 0.1) is 0 Å². The second-order valence-electron chi connectivity index (χ2n) is 6.54. The smallest absolute Gasteiger partial charge is 0.315 e. The number of H-pyrrole nitrogens is 1. The summed E-state index contributed by atoms with van der Waals surface area (Å²) in [5.41, 5.74) is 3.20. The fraction of sp³-hybridized carbons (Fsp3) is 0.474. The van der Waals surface area contributed by atoms with Gasteiger partial charge in [-0.15, -0.1) is 0 Å². The third kappa shape index (κ3) is 2.90. The number of rotatable bonds is 5. The molecule has 0 radical (unpaired) electrons. The second-order valence-corrected chi connectivity index (χ2v) is 6.54. The highest BCUT2D eigenvalue weighted by Crippen LogP contribution is 2.34. The van der Waals surface area contributed by atoms with E-state index in [1.165, 1.54) is 0 Å². The van der Waals surface area contributed by atoms with Gasteiger partial charge in [-0.1, -0.05) is 6.92 Å². The lowest BCUT2D eigenvalue weighted by Crippen LogP contribution is -2.27. The van der Waals surface area contributed by atoms with Gasteiger partial charge in [0.25, 0.3) is 0 Å². The van der Waals surface area contributed by atoms with Crippen LogP contribution in [0.3, 0.4) is 0 Å². The number of ketones is 1. The molecule has 1 unspecified atom stereocenters. The number of nitrogens with zero attached hydrogens (tertiary/aromatic N) is 1. The number of nitrogens with one attached hydrogen (secondary N) is 1. The molecule has 0 saturated carbocycles. The lowest BCUT2D eigenvalue weighted by molar-refractivity contribution is -0.149. The summed E-state index contributed by atoms with van der Waals surface area (Å²) in [4.78, 5) is 28.3. The highest BCUT2D eigenvalue weighted by atomic mass is 16.5. The molecule has 0 spiro atoms. The zero-order chi connectivity index (χ0) is 17.3. The predicted octanol–water partition coefficient (Wildman–Crippen LogP) is 3.44. The minimum absolute atomic E-state index is 0.0130. The summed E-state index contributed by atoms with van der Waals surface area (Å²) in [6.45, 7) is 6.52. The van der Waals surface area contributed by atoms with Gasteiger partial charge >= 0.3 is 5.97 Å². The molecule has 24 heavy (non-hydrogen) atoms. The van der Waals surface area contributed by atoms with Crippen LogP contribution in [-0.2, 0) is 22.5 Å². The van der Waals surface area contributed by atoms with E-state index in [-0.39, 0.29) is 23.8 Å². The van der Waals surface area contributed by atoms with E-state index in [1.54, 1.807) is 12.3 Å². The molecule has 1 aliphatic rings. The quantitative estimate of drug-likeness (QED) is 0.675. The van der Waals surface area contributed by atoms with Gasteiger partial charge in [-0.05, 0) is 56.9 Å². The van der Waals surface area contributed by atoms with Gasteiger partial charge in [0.05, 0.1) is 23.4 Å². The number of carbonyl (C=O) groups is 2. The van der Waals surface area contributed by atoms with Gasteiger partial charge in [0.1, 0.15) is 0 Å². The van der Waals surface area contributed by atoms with E-state index in [0.29, 0.717) is 11.4 Å². The molecule has 0 amide bonds. The molecule has 1 atom stereocenters. The lowest BCUT2D eigenvalue weighted by Gasteiger charge is -2.25. The number of aromatic amines is 1. The van der Waals surface area contributed by atoms with Crippen LogP contribution in [0.2, 0.25) is 0 Å². The number of hydrogen-bond acceptors (Lipinski definition) is 3. The first kappa shape index (κ1) is 16.6. The zero-order valence-corrected chi connectivity index (χ0v) is 14.5. The summed E-state index contributed by atoms with van der Waals surface area (Å²) in [6, 6.07) is 5.62. The number of aromatic nitrogens is 2. The van der Waals surface area contributed by atoms with Crippen molar-refractivity contribution in [1.29, 1.82) is 0 Å². The third-order valence-corrected chi connectivity index (χ3v) is 4.51. The topological polar surface area (TPSA) is 64.1 Å². The van der Waals surface area contributed by atoms with Gasteiger partial charge in [0.15, 0.2) is 0 Å². The van der Waals surface area contributed by atoms with Crippen molar-refractivity contribution in [1.82, 2.24) is 9.55 Å². The molecule has 1 aliphatic heterocycles. The zero-order valence-electron chi connectivity index (χ0n) is 14.5. The minimum atomic E-state index is -0.281. The van der Waals surface area contributed by atoms with Crippen LogP contribution >= 0.6 is 0 Å². The Balaban J connectivity index is 2.02. The molecule has 2 aromatic heterocycles. The summed E-state index contributed by atoms with van der Waals surface area (Å²) >= 11 is 0. The van der Waals surface area contributed by atoms with Crippen LogP contribution in [0.5, 0.6) is 0 Å². The van der Waals surface area contributed by atoms with Crippen molar-refractivity contribution < 1.29 is 14.3 Å². The number of esters is 1. The second kappa shape index (κ2) is 6.67. The maximum atomic E-state index is 12.9. The molecule has 3 heterocycles. The summed E-state index contributed by atoms with van der Waals surface area (Å²) in [6.07, 6.45) is 4.02. The van der Waals surface area contributed by atoms with E-state index in [1.807, 2.05) is 37.5 Å². The van der Waals surface area contributed by atoms with Crippen LogP contribution in [0.25, 0.3) is 0 Å². The maximum absolute atomic E-state index is 12.9. The number of aryl methyl sites for hydroxylation is 1. The van der Waals surface area contributed by atoms with E-state index in [2.05, 4.69) is 4.98 Å². The van der Waals surface area contributed by atoms with Crippen molar-refractivity contribution in [2.24, 2.45) is 0 Å².